The van der Waals surface area contributed by atoms with Gasteiger partial charge in [0.05, 0.1) is 17.6 Å². The van der Waals surface area contributed by atoms with Crippen molar-refractivity contribution in [3.05, 3.63) is 72.8 Å². The molecule has 1 amide bonds. The highest BCUT2D eigenvalue weighted by Gasteiger charge is 2.19. The summed E-state index contributed by atoms with van der Waals surface area (Å²) in [5.41, 5.74) is 4.16. The highest BCUT2D eigenvalue weighted by Crippen LogP contribution is 2.34. The SMILES string of the molecule is C=CC(=O)Nc1cc(Nc2nc(-c3csc4ccccc34)n3nccc3n2)ccc1N1CCN(C)CC1. The van der Waals surface area contributed by atoms with Gasteiger partial charge in [-0.15, -0.1) is 11.3 Å². The quantitative estimate of drug-likeness (QED) is 0.322. The Hall–Kier alpha value is -4.28. The Bertz CT molecular complexity index is 1620. The molecule has 0 aliphatic carbocycles. The van der Waals surface area contributed by atoms with Gasteiger partial charge in [-0.1, -0.05) is 24.8 Å². The molecule has 3 aromatic heterocycles. The van der Waals surface area contributed by atoms with Gasteiger partial charge in [0, 0.05) is 59.0 Å². The number of thiophene rings is 1. The summed E-state index contributed by atoms with van der Waals surface area (Å²) in [6.07, 6.45) is 3.00. The van der Waals surface area contributed by atoms with Gasteiger partial charge in [-0.3, -0.25) is 4.79 Å². The van der Waals surface area contributed by atoms with Gasteiger partial charge in [0.25, 0.3) is 0 Å². The van der Waals surface area contributed by atoms with Gasteiger partial charge in [-0.25, -0.2) is 0 Å². The van der Waals surface area contributed by atoms with Gasteiger partial charge < -0.3 is 20.4 Å². The van der Waals surface area contributed by atoms with E-state index in [1.807, 2.05) is 36.4 Å². The van der Waals surface area contributed by atoms with Gasteiger partial charge >= 0.3 is 0 Å². The van der Waals surface area contributed by atoms with Crippen LogP contribution in [0.3, 0.4) is 0 Å². The van der Waals surface area contributed by atoms with E-state index < -0.39 is 0 Å². The molecule has 186 valence electrons. The van der Waals surface area contributed by atoms with E-state index >= 15 is 0 Å². The van der Waals surface area contributed by atoms with Crippen LogP contribution in [0.5, 0.6) is 0 Å². The van der Waals surface area contributed by atoms with Crippen molar-refractivity contribution in [2.24, 2.45) is 0 Å². The molecule has 4 heterocycles. The summed E-state index contributed by atoms with van der Waals surface area (Å²) in [6.45, 7) is 7.31. The molecule has 0 radical (unpaired) electrons. The first kappa shape index (κ1) is 23.1. The molecule has 1 aliphatic rings. The summed E-state index contributed by atoms with van der Waals surface area (Å²) < 4.78 is 2.94. The zero-order chi connectivity index (χ0) is 25.4. The summed E-state index contributed by atoms with van der Waals surface area (Å²) in [5.74, 6) is 0.909. The average molecular weight is 511 g/mol. The van der Waals surface area contributed by atoms with E-state index in [9.17, 15) is 4.79 Å². The van der Waals surface area contributed by atoms with Crippen molar-refractivity contribution in [2.45, 2.75) is 0 Å². The molecular weight excluding hydrogens is 484 g/mol. The lowest BCUT2D eigenvalue weighted by atomic mass is 10.1. The summed E-state index contributed by atoms with van der Waals surface area (Å²) in [5, 5.41) is 14.0. The molecule has 5 aromatic rings. The minimum atomic E-state index is -0.254. The van der Waals surface area contributed by atoms with Crippen molar-refractivity contribution < 1.29 is 4.79 Å². The summed E-state index contributed by atoms with van der Waals surface area (Å²) >= 11 is 1.68. The summed E-state index contributed by atoms with van der Waals surface area (Å²) in [7, 11) is 2.12. The van der Waals surface area contributed by atoms with Crippen molar-refractivity contribution in [1.29, 1.82) is 0 Å². The predicted molar refractivity (Wildman–Crippen MR) is 150 cm³/mol. The number of hydrogen-bond acceptors (Lipinski definition) is 8. The maximum absolute atomic E-state index is 12.2. The van der Waals surface area contributed by atoms with Crippen LogP contribution >= 0.6 is 11.3 Å². The minimum Gasteiger partial charge on any atom is -0.367 e. The Kier molecular flexibility index (Phi) is 6.03. The lowest BCUT2D eigenvalue weighted by molar-refractivity contribution is -0.111. The topological polar surface area (TPSA) is 90.7 Å². The number of fused-ring (bicyclic) bond motifs is 2. The van der Waals surface area contributed by atoms with Crippen LogP contribution in [0, 0.1) is 0 Å². The Balaban J connectivity index is 1.37. The number of anilines is 4. The van der Waals surface area contributed by atoms with Crippen LogP contribution in [0.2, 0.25) is 0 Å². The van der Waals surface area contributed by atoms with Crippen molar-refractivity contribution >= 4 is 56.0 Å². The van der Waals surface area contributed by atoms with E-state index in [-0.39, 0.29) is 5.91 Å². The van der Waals surface area contributed by atoms with Gasteiger partial charge in [-0.2, -0.15) is 19.6 Å². The maximum atomic E-state index is 12.2. The molecule has 37 heavy (non-hydrogen) atoms. The van der Waals surface area contributed by atoms with Crippen LogP contribution in [0.25, 0.3) is 27.1 Å². The van der Waals surface area contributed by atoms with E-state index in [0.29, 0.717) is 23.1 Å². The average Bonchev–Trinajstić information content (AvgIpc) is 3.56. The van der Waals surface area contributed by atoms with Crippen molar-refractivity contribution in [3.8, 4) is 11.4 Å². The molecule has 2 N–H and O–H groups in total. The largest absolute Gasteiger partial charge is 0.367 e. The fraction of sp³-hybridized carbons (Fsp3) is 0.185. The Labute approximate surface area is 218 Å². The summed E-state index contributed by atoms with van der Waals surface area (Å²) in [4.78, 5) is 26.3. The van der Waals surface area contributed by atoms with E-state index in [0.717, 1.165) is 48.5 Å². The van der Waals surface area contributed by atoms with Crippen molar-refractivity contribution in [3.63, 3.8) is 0 Å². The van der Waals surface area contributed by atoms with E-state index in [2.05, 4.69) is 61.7 Å². The zero-order valence-electron chi connectivity index (χ0n) is 20.4. The van der Waals surface area contributed by atoms with Gasteiger partial charge in [0.15, 0.2) is 11.5 Å². The number of benzene rings is 2. The third-order valence-electron chi connectivity index (χ3n) is 6.52. The molecule has 0 spiro atoms. The number of likely N-dealkylation sites (N-methyl/N-ethyl adjacent to an activating group) is 1. The second-order valence-electron chi connectivity index (χ2n) is 8.96. The van der Waals surface area contributed by atoms with Crippen LogP contribution in [-0.2, 0) is 4.79 Å². The van der Waals surface area contributed by atoms with Gasteiger partial charge in [0.1, 0.15) is 0 Å². The van der Waals surface area contributed by atoms with Crippen molar-refractivity contribution in [2.75, 3.05) is 48.8 Å². The number of amides is 1. The van der Waals surface area contributed by atoms with E-state index in [1.54, 1.807) is 22.0 Å². The lowest BCUT2D eigenvalue weighted by Gasteiger charge is -2.35. The fourth-order valence-corrected chi connectivity index (χ4v) is 5.50. The van der Waals surface area contributed by atoms with Crippen LogP contribution in [0.1, 0.15) is 0 Å². The first-order valence-corrected chi connectivity index (χ1v) is 12.9. The van der Waals surface area contributed by atoms with E-state index in [4.69, 9.17) is 4.98 Å². The van der Waals surface area contributed by atoms with E-state index in [1.165, 1.54) is 10.8 Å². The maximum Gasteiger partial charge on any atom is 0.247 e. The molecule has 9 nitrogen and oxygen atoms in total. The number of hydrogen-bond donors (Lipinski definition) is 2. The normalized spacial score (nSPS) is 14.2. The molecule has 1 saturated heterocycles. The van der Waals surface area contributed by atoms with Gasteiger partial charge in [0.2, 0.25) is 11.9 Å². The monoisotopic (exact) mass is 510 g/mol. The number of rotatable bonds is 6. The second kappa shape index (κ2) is 9.64. The molecular formula is C27H26N8OS. The second-order valence-corrected chi connectivity index (χ2v) is 9.87. The molecule has 2 aromatic carbocycles. The number of aromatic nitrogens is 4. The molecule has 0 atom stereocenters. The zero-order valence-corrected chi connectivity index (χ0v) is 21.2. The molecule has 0 saturated carbocycles. The molecule has 10 heteroatoms. The van der Waals surface area contributed by atoms with Crippen LogP contribution < -0.4 is 15.5 Å². The standard InChI is InChI=1S/C27H26N8OS/c1-3-25(36)30-21-16-18(8-9-22(21)34-14-12-33(2)13-15-34)29-27-31-24-10-11-28-35(24)26(32-27)20-17-37-23-7-5-4-6-19(20)23/h3-11,16-17H,1,12-15H2,2H3,(H,29,31)(H,30,36). The minimum absolute atomic E-state index is 0.254. The first-order valence-electron chi connectivity index (χ1n) is 12.1. The molecule has 0 unspecified atom stereocenters. The number of piperazine rings is 1. The number of carbonyl (C=O) groups excluding carboxylic acids is 1. The number of carbonyl (C=O) groups is 1. The van der Waals surface area contributed by atoms with Crippen molar-refractivity contribution in [1.82, 2.24) is 24.5 Å². The fourth-order valence-electron chi connectivity index (χ4n) is 4.56. The molecule has 0 bridgehead atoms. The smallest absolute Gasteiger partial charge is 0.247 e. The first-order chi connectivity index (χ1) is 18.1. The summed E-state index contributed by atoms with van der Waals surface area (Å²) in [6, 6.07) is 16.0. The third kappa shape index (κ3) is 4.52. The highest BCUT2D eigenvalue weighted by molar-refractivity contribution is 7.17. The lowest BCUT2D eigenvalue weighted by Crippen LogP contribution is -2.44. The number of nitrogens with zero attached hydrogens (tertiary/aromatic N) is 6. The Morgan fingerprint density at radius 1 is 1.08 bits per heavy atom. The predicted octanol–water partition coefficient (Wildman–Crippen LogP) is 4.63. The molecule has 6 rings (SSSR count). The van der Waals surface area contributed by atoms with Crippen LogP contribution in [0.15, 0.2) is 72.8 Å². The molecule has 1 aliphatic heterocycles. The van der Waals surface area contributed by atoms with Gasteiger partial charge in [-0.05, 0) is 37.4 Å². The molecule has 1 fully saturated rings. The van der Waals surface area contributed by atoms with Crippen LogP contribution in [0.4, 0.5) is 23.0 Å². The third-order valence-corrected chi connectivity index (χ3v) is 7.48. The number of nitrogens with one attached hydrogen (secondary N) is 2. The Morgan fingerprint density at radius 2 is 1.92 bits per heavy atom. The highest BCUT2D eigenvalue weighted by atomic mass is 32.1. The van der Waals surface area contributed by atoms with Crippen LogP contribution in [-0.4, -0.2) is 63.6 Å². The Morgan fingerprint density at radius 3 is 2.76 bits per heavy atom.